The summed E-state index contributed by atoms with van der Waals surface area (Å²) in [7, 11) is 0. The molecule has 8 heteroatoms. The Morgan fingerprint density at radius 1 is 1.14 bits per heavy atom. The van der Waals surface area contributed by atoms with Crippen molar-refractivity contribution in [2.45, 2.75) is 32.8 Å². The van der Waals surface area contributed by atoms with Gasteiger partial charge in [0, 0.05) is 31.8 Å². The van der Waals surface area contributed by atoms with Crippen molar-refractivity contribution in [1.29, 1.82) is 0 Å². The largest absolute Gasteiger partial charge is 0.368 e. The summed E-state index contributed by atoms with van der Waals surface area (Å²) in [5, 5.41) is 5.43. The molecule has 2 heterocycles. The molecule has 2 aliphatic rings. The Kier molecular flexibility index (Phi) is 6.08. The van der Waals surface area contributed by atoms with E-state index in [0.29, 0.717) is 30.7 Å². The fourth-order valence-electron chi connectivity index (χ4n) is 3.32. The van der Waals surface area contributed by atoms with Crippen molar-refractivity contribution < 1.29 is 23.9 Å². The maximum absolute atomic E-state index is 12.5. The summed E-state index contributed by atoms with van der Waals surface area (Å²) < 4.78 is 5.29. The van der Waals surface area contributed by atoms with Crippen LogP contribution in [0.4, 0.5) is 0 Å². The number of nitrogens with zero attached hydrogens (tertiary/aromatic N) is 1. The second-order valence-corrected chi connectivity index (χ2v) is 7.42. The topological polar surface area (TPSA) is 105 Å². The van der Waals surface area contributed by atoms with Gasteiger partial charge in [-0.25, -0.2) is 0 Å². The summed E-state index contributed by atoms with van der Waals surface area (Å²) in [5.41, 5.74) is 0.882. The third-order valence-electron chi connectivity index (χ3n) is 4.71. The Balaban J connectivity index is 1.54. The maximum atomic E-state index is 12.5. The quantitative estimate of drug-likeness (QED) is 0.536. The van der Waals surface area contributed by atoms with Gasteiger partial charge in [0.2, 0.25) is 5.91 Å². The number of ether oxygens (including phenoxy) is 1. The van der Waals surface area contributed by atoms with Gasteiger partial charge in [0.05, 0.1) is 11.1 Å². The number of benzene rings is 1. The lowest BCUT2D eigenvalue weighted by Crippen LogP contribution is -2.39. The second-order valence-electron chi connectivity index (χ2n) is 7.42. The summed E-state index contributed by atoms with van der Waals surface area (Å²) in [6, 6.07) is 4.50. The van der Waals surface area contributed by atoms with Gasteiger partial charge in [-0.2, -0.15) is 0 Å². The van der Waals surface area contributed by atoms with E-state index in [2.05, 4.69) is 10.6 Å². The summed E-state index contributed by atoms with van der Waals surface area (Å²) in [6.45, 7) is 5.34. The molecule has 2 aliphatic heterocycles. The van der Waals surface area contributed by atoms with Crippen LogP contribution >= 0.6 is 0 Å². The van der Waals surface area contributed by atoms with E-state index in [9.17, 15) is 19.2 Å². The highest BCUT2D eigenvalue weighted by molar-refractivity contribution is 6.22. The van der Waals surface area contributed by atoms with Gasteiger partial charge in [-0.1, -0.05) is 13.8 Å². The molecule has 1 aromatic carbocycles. The molecule has 1 atom stereocenters. The summed E-state index contributed by atoms with van der Waals surface area (Å²) in [5.74, 6) is -1.06. The zero-order chi connectivity index (χ0) is 20.3. The highest BCUT2D eigenvalue weighted by Gasteiger charge is 2.36. The Morgan fingerprint density at radius 3 is 2.54 bits per heavy atom. The van der Waals surface area contributed by atoms with Crippen LogP contribution in [0, 0.1) is 5.92 Å². The molecule has 1 fully saturated rings. The van der Waals surface area contributed by atoms with Crippen LogP contribution in [-0.2, 0) is 9.53 Å². The summed E-state index contributed by atoms with van der Waals surface area (Å²) in [4.78, 5) is 50.2. The van der Waals surface area contributed by atoms with Gasteiger partial charge >= 0.3 is 0 Å². The number of nitrogens with one attached hydrogen (secondary N) is 2. The standard InChI is InChI=1S/C20H25N3O5/c1-12(2)11-23-19(26)14-6-5-13(10-15(14)20(23)27)17(24)21-7-8-22-18(25)16-4-3-9-28-16/h5-6,10,12,16H,3-4,7-9,11H2,1-2H3,(H,21,24)(H,22,25). The van der Waals surface area contributed by atoms with Gasteiger partial charge in [0.25, 0.3) is 17.7 Å². The van der Waals surface area contributed by atoms with E-state index in [1.807, 2.05) is 13.8 Å². The van der Waals surface area contributed by atoms with Crippen LogP contribution in [0.3, 0.4) is 0 Å². The zero-order valence-corrected chi connectivity index (χ0v) is 16.1. The van der Waals surface area contributed by atoms with E-state index in [4.69, 9.17) is 4.74 Å². The van der Waals surface area contributed by atoms with Crippen molar-refractivity contribution in [1.82, 2.24) is 15.5 Å². The van der Waals surface area contributed by atoms with Crippen LogP contribution in [0.2, 0.25) is 0 Å². The lowest BCUT2D eigenvalue weighted by atomic mass is 10.1. The molecule has 3 rings (SSSR count). The number of hydrogen-bond donors (Lipinski definition) is 2. The predicted molar refractivity (Wildman–Crippen MR) is 101 cm³/mol. The average molecular weight is 387 g/mol. The molecular formula is C20H25N3O5. The molecule has 4 amide bonds. The van der Waals surface area contributed by atoms with Gasteiger partial charge in [-0.05, 0) is 37.0 Å². The molecule has 0 bridgehead atoms. The van der Waals surface area contributed by atoms with Crippen LogP contribution in [-0.4, -0.2) is 60.9 Å². The first-order valence-electron chi connectivity index (χ1n) is 9.56. The maximum Gasteiger partial charge on any atom is 0.261 e. The first-order chi connectivity index (χ1) is 13.4. The summed E-state index contributed by atoms with van der Waals surface area (Å²) >= 11 is 0. The normalized spacial score (nSPS) is 18.5. The fraction of sp³-hybridized carbons (Fsp3) is 0.500. The molecule has 0 aromatic heterocycles. The van der Waals surface area contributed by atoms with Crippen LogP contribution in [0.5, 0.6) is 0 Å². The lowest BCUT2D eigenvalue weighted by molar-refractivity contribution is -0.129. The molecule has 150 valence electrons. The number of rotatable bonds is 7. The van der Waals surface area contributed by atoms with Crippen molar-refractivity contribution in [3.63, 3.8) is 0 Å². The monoisotopic (exact) mass is 387 g/mol. The predicted octanol–water partition coefficient (Wildman–Crippen LogP) is 0.964. The SMILES string of the molecule is CC(C)CN1C(=O)c2ccc(C(=O)NCCNC(=O)C3CCCO3)cc2C1=O. The first kappa shape index (κ1) is 20.0. The minimum absolute atomic E-state index is 0.162. The molecule has 1 unspecified atom stereocenters. The third-order valence-corrected chi connectivity index (χ3v) is 4.71. The van der Waals surface area contributed by atoms with Gasteiger partial charge in [-0.15, -0.1) is 0 Å². The van der Waals surface area contributed by atoms with Gasteiger partial charge < -0.3 is 15.4 Å². The van der Waals surface area contributed by atoms with Gasteiger partial charge in [0.1, 0.15) is 6.10 Å². The van der Waals surface area contributed by atoms with Crippen molar-refractivity contribution in [2.24, 2.45) is 5.92 Å². The Bertz CT molecular complexity index is 799. The van der Waals surface area contributed by atoms with Crippen LogP contribution in [0.25, 0.3) is 0 Å². The van der Waals surface area contributed by atoms with E-state index >= 15 is 0 Å². The summed E-state index contributed by atoms with van der Waals surface area (Å²) in [6.07, 6.45) is 1.20. The van der Waals surface area contributed by atoms with E-state index in [-0.39, 0.29) is 48.2 Å². The van der Waals surface area contributed by atoms with E-state index < -0.39 is 6.10 Å². The smallest absolute Gasteiger partial charge is 0.261 e. The first-order valence-corrected chi connectivity index (χ1v) is 9.56. The molecule has 1 saturated heterocycles. The second kappa shape index (κ2) is 8.52. The molecule has 1 aromatic rings. The lowest BCUT2D eigenvalue weighted by Gasteiger charge is -2.15. The van der Waals surface area contributed by atoms with E-state index in [1.54, 1.807) is 0 Å². The highest BCUT2D eigenvalue weighted by Crippen LogP contribution is 2.24. The van der Waals surface area contributed by atoms with E-state index in [1.165, 1.54) is 23.1 Å². The molecule has 0 aliphatic carbocycles. The molecule has 0 spiro atoms. The molecule has 28 heavy (non-hydrogen) atoms. The van der Waals surface area contributed by atoms with E-state index in [0.717, 1.165) is 6.42 Å². The molecule has 0 saturated carbocycles. The van der Waals surface area contributed by atoms with Crippen molar-refractivity contribution in [3.8, 4) is 0 Å². The molecule has 0 radical (unpaired) electrons. The molecule has 8 nitrogen and oxygen atoms in total. The minimum Gasteiger partial charge on any atom is -0.368 e. The number of amides is 4. The molecular weight excluding hydrogens is 362 g/mol. The van der Waals surface area contributed by atoms with Crippen LogP contribution in [0.1, 0.15) is 57.8 Å². The number of carbonyl (C=O) groups excluding carboxylic acids is 4. The molecule has 2 N–H and O–H groups in total. The Morgan fingerprint density at radius 2 is 1.86 bits per heavy atom. The fourth-order valence-corrected chi connectivity index (χ4v) is 3.32. The average Bonchev–Trinajstić information content (AvgIpc) is 3.28. The van der Waals surface area contributed by atoms with Crippen molar-refractivity contribution in [2.75, 3.05) is 26.2 Å². The Hall–Kier alpha value is -2.74. The van der Waals surface area contributed by atoms with Gasteiger partial charge in [0.15, 0.2) is 0 Å². The van der Waals surface area contributed by atoms with Crippen molar-refractivity contribution >= 4 is 23.6 Å². The number of hydrogen-bond acceptors (Lipinski definition) is 5. The third kappa shape index (κ3) is 4.22. The zero-order valence-electron chi connectivity index (χ0n) is 16.1. The minimum atomic E-state index is -0.398. The van der Waals surface area contributed by atoms with Crippen LogP contribution < -0.4 is 10.6 Å². The number of carbonyl (C=O) groups is 4. The highest BCUT2D eigenvalue weighted by atomic mass is 16.5. The number of fused-ring (bicyclic) bond motifs is 1. The van der Waals surface area contributed by atoms with Gasteiger partial charge in [-0.3, -0.25) is 24.1 Å². The van der Waals surface area contributed by atoms with Crippen LogP contribution in [0.15, 0.2) is 18.2 Å². The van der Waals surface area contributed by atoms with Crippen molar-refractivity contribution in [3.05, 3.63) is 34.9 Å². The Labute approximate surface area is 163 Å². The number of imide groups is 1.